The van der Waals surface area contributed by atoms with Gasteiger partial charge in [0.15, 0.2) is 0 Å². The molecule has 1 aliphatic heterocycles. The van der Waals surface area contributed by atoms with E-state index in [2.05, 4.69) is 10.6 Å². The monoisotopic (exact) mass is 284 g/mol. The molecule has 0 saturated carbocycles. The van der Waals surface area contributed by atoms with Crippen molar-refractivity contribution in [2.75, 3.05) is 25.5 Å². The van der Waals surface area contributed by atoms with Crippen LogP contribution in [0, 0.1) is 5.41 Å². The number of piperidine rings is 1. The molecule has 0 bridgehead atoms. The van der Waals surface area contributed by atoms with E-state index in [-0.39, 0.29) is 23.7 Å². The van der Waals surface area contributed by atoms with Gasteiger partial charge in [-0.15, -0.1) is 12.4 Å². The second kappa shape index (κ2) is 6.78. The number of ether oxygens (including phenoxy) is 1. The predicted molar refractivity (Wildman–Crippen MR) is 79.1 cm³/mol. The number of hydrogen-bond donors (Lipinski definition) is 2. The van der Waals surface area contributed by atoms with Gasteiger partial charge in [-0.1, -0.05) is 6.92 Å². The van der Waals surface area contributed by atoms with Gasteiger partial charge in [0.2, 0.25) is 5.91 Å². The summed E-state index contributed by atoms with van der Waals surface area (Å²) >= 11 is 0. The number of rotatable bonds is 3. The van der Waals surface area contributed by atoms with Crippen molar-refractivity contribution < 1.29 is 9.53 Å². The van der Waals surface area contributed by atoms with Gasteiger partial charge in [0, 0.05) is 11.1 Å². The molecule has 1 aliphatic rings. The predicted octanol–water partition coefficient (Wildman–Crippen LogP) is 2.45. The summed E-state index contributed by atoms with van der Waals surface area (Å²) in [7, 11) is 1.63. The molecule has 0 radical (unpaired) electrons. The van der Waals surface area contributed by atoms with E-state index >= 15 is 0 Å². The van der Waals surface area contributed by atoms with E-state index in [0.29, 0.717) is 0 Å². The molecule has 106 valence electrons. The van der Waals surface area contributed by atoms with Crippen LogP contribution in [0.1, 0.15) is 19.8 Å². The lowest BCUT2D eigenvalue weighted by atomic mass is 9.80. The Labute approximate surface area is 120 Å². The third-order valence-corrected chi connectivity index (χ3v) is 3.60. The molecule has 0 spiro atoms. The average Bonchev–Trinajstić information content (AvgIpc) is 2.40. The van der Waals surface area contributed by atoms with Crippen molar-refractivity contribution in [3.8, 4) is 5.75 Å². The summed E-state index contributed by atoms with van der Waals surface area (Å²) in [5.74, 6) is 0.898. The van der Waals surface area contributed by atoms with Gasteiger partial charge in [-0.2, -0.15) is 0 Å². The van der Waals surface area contributed by atoms with Gasteiger partial charge in [0.1, 0.15) is 5.75 Å². The van der Waals surface area contributed by atoms with E-state index in [0.717, 1.165) is 37.4 Å². The molecular formula is C14H21ClN2O2. The Morgan fingerprint density at radius 2 is 1.84 bits per heavy atom. The van der Waals surface area contributed by atoms with Gasteiger partial charge in [0.05, 0.1) is 7.11 Å². The molecular weight excluding hydrogens is 264 g/mol. The molecule has 19 heavy (non-hydrogen) atoms. The zero-order valence-electron chi connectivity index (χ0n) is 11.4. The highest BCUT2D eigenvalue weighted by atomic mass is 35.5. The number of halogens is 1. The number of carbonyl (C=O) groups is 1. The summed E-state index contributed by atoms with van der Waals surface area (Å²) in [5.41, 5.74) is 0.561. The Morgan fingerprint density at radius 3 is 2.37 bits per heavy atom. The Bertz CT molecular complexity index is 414. The van der Waals surface area contributed by atoms with Crippen molar-refractivity contribution in [1.82, 2.24) is 5.32 Å². The number of carbonyl (C=O) groups excluding carboxylic acids is 1. The maximum Gasteiger partial charge on any atom is 0.230 e. The van der Waals surface area contributed by atoms with E-state index in [1.54, 1.807) is 7.11 Å². The van der Waals surface area contributed by atoms with Crippen LogP contribution in [0.3, 0.4) is 0 Å². The van der Waals surface area contributed by atoms with E-state index < -0.39 is 0 Å². The van der Waals surface area contributed by atoms with Crippen LogP contribution >= 0.6 is 12.4 Å². The molecule has 1 heterocycles. The normalized spacial score (nSPS) is 17.2. The van der Waals surface area contributed by atoms with Crippen molar-refractivity contribution in [3.63, 3.8) is 0 Å². The van der Waals surface area contributed by atoms with E-state index in [1.165, 1.54) is 0 Å². The molecule has 4 nitrogen and oxygen atoms in total. The highest BCUT2D eigenvalue weighted by Crippen LogP contribution is 2.29. The molecule has 0 aromatic heterocycles. The molecule has 0 atom stereocenters. The first-order chi connectivity index (χ1) is 8.64. The first-order valence-corrected chi connectivity index (χ1v) is 6.30. The minimum absolute atomic E-state index is 0. The Balaban J connectivity index is 0.00000180. The molecule has 5 heteroatoms. The van der Waals surface area contributed by atoms with Crippen LogP contribution in [-0.2, 0) is 4.79 Å². The van der Waals surface area contributed by atoms with Gasteiger partial charge in [-0.05, 0) is 50.2 Å². The number of amides is 1. The third-order valence-electron chi connectivity index (χ3n) is 3.60. The molecule has 1 aromatic rings. The molecule has 0 aliphatic carbocycles. The molecule has 1 fully saturated rings. The second-order valence-corrected chi connectivity index (χ2v) is 4.99. The fraction of sp³-hybridized carbons (Fsp3) is 0.500. The van der Waals surface area contributed by atoms with Crippen LogP contribution < -0.4 is 15.4 Å². The van der Waals surface area contributed by atoms with Crippen molar-refractivity contribution in [1.29, 1.82) is 0 Å². The summed E-state index contributed by atoms with van der Waals surface area (Å²) in [6.45, 7) is 3.85. The van der Waals surface area contributed by atoms with Crippen LogP contribution in [0.15, 0.2) is 24.3 Å². The number of benzene rings is 1. The van der Waals surface area contributed by atoms with Gasteiger partial charge in [-0.25, -0.2) is 0 Å². The van der Waals surface area contributed by atoms with E-state index in [1.807, 2.05) is 31.2 Å². The van der Waals surface area contributed by atoms with E-state index in [4.69, 9.17) is 4.74 Å². The van der Waals surface area contributed by atoms with Crippen LogP contribution in [0.25, 0.3) is 0 Å². The smallest absolute Gasteiger partial charge is 0.230 e. The molecule has 1 amide bonds. The first kappa shape index (κ1) is 15.8. The van der Waals surface area contributed by atoms with E-state index in [9.17, 15) is 4.79 Å². The zero-order chi connectivity index (χ0) is 13.0. The number of methoxy groups -OCH3 is 1. The van der Waals surface area contributed by atoms with Crippen molar-refractivity contribution >= 4 is 24.0 Å². The van der Waals surface area contributed by atoms with Crippen molar-refractivity contribution in [2.24, 2.45) is 5.41 Å². The molecule has 0 unspecified atom stereocenters. The van der Waals surface area contributed by atoms with Crippen molar-refractivity contribution in [3.05, 3.63) is 24.3 Å². The van der Waals surface area contributed by atoms with Gasteiger partial charge < -0.3 is 15.4 Å². The van der Waals surface area contributed by atoms with Gasteiger partial charge >= 0.3 is 0 Å². The molecule has 1 saturated heterocycles. The SMILES string of the molecule is COc1ccc(NC(=O)C2(C)CCNCC2)cc1.Cl. The fourth-order valence-corrected chi connectivity index (χ4v) is 2.16. The zero-order valence-corrected chi connectivity index (χ0v) is 12.2. The summed E-state index contributed by atoms with van der Waals surface area (Å²) in [6.07, 6.45) is 1.77. The molecule has 1 aromatic carbocycles. The van der Waals surface area contributed by atoms with Crippen LogP contribution in [0.5, 0.6) is 5.75 Å². The Kier molecular flexibility index (Phi) is 5.63. The minimum Gasteiger partial charge on any atom is -0.497 e. The summed E-state index contributed by atoms with van der Waals surface area (Å²) in [5, 5.41) is 6.26. The maximum absolute atomic E-state index is 12.3. The minimum atomic E-state index is -0.259. The maximum atomic E-state index is 12.3. The lowest BCUT2D eigenvalue weighted by molar-refractivity contribution is -0.126. The summed E-state index contributed by atoms with van der Waals surface area (Å²) in [4.78, 5) is 12.3. The Hall–Kier alpha value is -1.26. The average molecular weight is 285 g/mol. The Morgan fingerprint density at radius 1 is 1.26 bits per heavy atom. The molecule has 2 rings (SSSR count). The third kappa shape index (κ3) is 3.85. The number of nitrogens with one attached hydrogen (secondary N) is 2. The van der Waals surface area contributed by atoms with Crippen LogP contribution in [0.4, 0.5) is 5.69 Å². The summed E-state index contributed by atoms with van der Waals surface area (Å²) < 4.78 is 5.09. The summed E-state index contributed by atoms with van der Waals surface area (Å²) in [6, 6.07) is 7.42. The number of hydrogen-bond acceptors (Lipinski definition) is 3. The van der Waals surface area contributed by atoms with Crippen molar-refractivity contribution in [2.45, 2.75) is 19.8 Å². The standard InChI is InChI=1S/C14H20N2O2.ClH/c1-14(7-9-15-10-8-14)13(17)16-11-3-5-12(18-2)6-4-11;/h3-6,15H,7-10H2,1-2H3,(H,16,17);1H. The van der Waals surface area contributed by atoms with Gasteiger partial charge in [-0.3, -0.25) is 4.79 Å². The highest BCUT2D eigenvalue weighted by molar-refractivity contribution is 5.95. The second-order valence-electron chi connectivity index (χ2n) is 4.99. The molecule has 2 N–H and O–H groups in total. The lowest BCUT2D eigenvalue weighted by Crippen LogP contribution is -2.42. The van der Waals surface area contributed by atoms with Crippen LogP contribution in [0.2, 0.25) is 0 Å². The number of anilines is 1. The van der Waals surface area contributed by atoms with Crippen LogP contribution in [-0.4, -0.2) is 26.1 Å². The quantitative estimate of drug-likeness (QED) is 0.896. The first-order valence-electron chi connectivity index (χ1n) is 6.30. The lowest BCUT2D eigenvalue weighted by Gasteiger charge is -2.32. The van der Waals surface area contributed by atoms with Gasteiger partial charge in [0.25, 0.3) is 0 Å². The highest BCUT2D eigenvalue weighted by Gasteiger charge is 2.34. The largest absolute Gasteiger partial charge is 0.497 e. The topological polar surface area (TPSA) is 50.4 Å². The fourth-order valence-electron chi connectivity index (χ4n) is 2.16.